The summed E-state index contributed by atoms with van der Waals surface area (Å²) >= 11 is 0. The summed E-state index contributed by atoms with van der Waals surface area (Å²) in [4.78, 5) is 25.9. The second-order valence-electron chi connectivity index (χ2n) is 8.78. The number of hydrogen-bond acceptors (Lipinski definition) is 11. The molecule has 2 aromatic rings. The highest BCUT2D eigenvalue weighted by Crippen LogP contribution is 2.29. The Morgan fingerprint density at radius 1 is 0.711 bits per heavy atom. The Bertz CT molecular complexity index is 1110. The van der Waals surface area contributed by atoms with Crippen LogP contribution in [0.1, 0.15) is 33.4 Å². The van der Waals surface area contributed by atoms with Crippen LogP contribution in [0.5, 0.6) is 11.5 Å². The van der Waals surface area contributed by atoms with Gasteiger partial charge in [-0.2, -0.15) is 0 Å². The van der Waals surface area contributed by atoms with Crippen LogP contribution in [0.15, 0.2) is 24.3 Å². The van der Waals surface area contributed by atoms with Crippen LogP contribution in [0, 0.1) is 0 Å². The van der Waals surface area contributed by atoms with Gasteiger partial charge in [-0.3, -0.25) is 19.4 Å². The Morgan fingerprint density at radius 2 is 1.37 bits per heavy atom. The number of aliphatic hydroxyl groups excluding tert-OH is 5. The summed E-state index contributed by atoms with van der Waals surface area (Å²) in [5, 5.41) is 88.6. The molecular formula is C25H34N2O11. The number of phenols is 2. The third-order valence-electron chi connectivity index (χ3n) is 6.20. The van der Waals surface area contributed by atoms with Gasteiger partial charge in [0, 0.05) is 36.8 Å². The summed E-state index contributed by atoms with van der Waals surface area (Å²) < 4.78 is 0. The molecule has 0 bridgehead atoms. The molecule has 13 nitrogen and oxygen atoms in total. The predicted octanol–water partition coefficient (Wildman–Crippen LogP) is -1.10. The van der Waals surface area contributed by atoms with Gasteiger partial charge in [0.2, 0.25) is 0 Å². The quantitative estimate of drug-likeness (QED) is 0.124. The Morgan fingerprint density at radius 3 is 1.89 bits per heavy atom. The Labute approximate surface area is 218 Å². The molecule has 2 aromatic carbocycles. The van der Waals surface area contributed by atoms with Crippen LogP contribution in [0.25, 0.3) is 0 Å². The average Bonchev–Trinajstić information content (AvgIpc) is 2.87. The topological polar surface area (TPSA) is 223 Å². The smallest absolute Gasteiger partial charge is 0.317 e. The molecule has 0 aliphatic rings. The van der Waals surface area contributed by atoms with E-state index in [-0.39, 0.29) is 53.4 Å². The van der Waals surface area contributed by atoms with E-state index in [0.717, 1.165) is 0 Å². The fraction of sp³-hybridized carbons (Fsp3) is 0.440. The van der Waals surface area contributed by atoms with Gasteiger partial charge < -0.3 is 46.0 Å². The molecule has 13 heteroatoms. The van der Waals surface area contributed by atoms with E-state index in [1.165, 1.54) is 34.1 Å². The molecule has 0 heterocycles. The van der Waals surface area contributed by atoms with E-state index < -0.39 is 64.1 Å². The third kappa shape index (κ3) is 8.10. The molecule has 0 saturated carbocycles. The van der Waals surface area contributed by atoms with Crippen molar-refractivity contribution in [2.45, 2.75) is 45.6 Å². The molecule has 2 rings (SSSR count). The molecule has 0 aromatic heterocycles. The van der Waals surface area contributed by atoms with Crippen LogP contribution in [-0.2, 0) is 49.1 Å². The first kappa shape index (κ1) is 30.9. The van der Waals surface area contributed by atoms with Crippen molar-refractivity contribution in [3.05, 3.63) is 57.6 Å². The third-order valence-corrected chi connectivity index (χ3v) is 6.20. The summed E-state index contributed by atoms with van der Waals surface area (Å²) in [7, 11) is 0. The Hall–Kier alpha value is -3.30. The number of carboxylic acid groups (broad SMARTS) is 2. The Balaban J connectivity index is 2.44. The highest BCUT2D eigenvalue weighted by Gasteiger charge is 2.27. The van der Waals surface area contributed by atoms with E-state index in [2.05, 4.69) is 0 Å². The van der Waals surface area contributed by atoms with Gasteiger partial charge in [0.1, 0.15) is 11.5 Å². The number of nitrogens with zero attached hydrogens (tertiary/aromatic N) is 2. The minimum absolute atomic E-state index is 0.142. The molecule has 0 fully saturated rings. The number of hydrogen-bond donors (Lipinski definition) is 9. The second kappa shape index (κ2) is 14.6. The number of aliphatic carboxylic acids is 2. The van der Waals surface area contributed by atoms with Crippen molar-refractivity contribution < 1.29 is 55.5 Å². The molecule has 0 saturated heterocycles. The van der Waals surface area contributed by atoms with Gasteiger partial charge in [0.05, 0.1) is 46.1 Å². The highest BCUT2D eigenvalue weighted by molar-refractivity contribution is 5.69. The van der Waals surface area contributed by atoms with Gasteiger partial charge >= 0.3 is 11.9 Å². The van der Waals surface area contributed by atoms with Gasteiger partial charge in [-0.25, -0.2) is 0 Å². The van der Waals surface area contributed by atoms with E-state index in [9.17, 15) is 55.5 Å². The van der Waals surface area contributed by atoms with Crippen molar-refractivity contribution in [1.82, 2.24) is 9.80 Å². The number of benzene rings is 2. The SMILES string of the molecule is O=C(O)CN(Cc1c(O)cc(CO)cc1CO)CC(CO)N(CC(=O)O)Cc1c(O)ccc(CO)c1CO. The van der Waals surface area contributed by atoms with Crippen molar-refractivity contribution in [3.63, 3.8) is 0 Å². The lowest BCUT2D eigenvalue weighted by molar-refractivity contribution is -0.141. The van der Waals surface area contributed by atoms with Crippen molar-refractivity contribution in [2.75, 3.05) is 26.2 Å². The van der Waals surface area contributed by atoms with E-state index in [1.807, 2.05) is 0 Å². The molecule has 210 valence electrons. The molecule has 9 N–H and O–H groups in total. The first-order chi connectivity index (χ1) is 18.1. The normalized spacial score (nSPS) is 12.3. The minimum atomic E-state index is -1.27. The fourth-order valence-corrected chi connectivity index (χ4v) is 4.32. The lowest BCUT2D eigenvalue weighted by atomic mass is 9.99. The van der Waals surface area contributed by atoms with Crippen LogP contribution in [0.4, 0.5) is 0 Å². The summed E-state index contributed by atoms with van der Waals surface area (Å²) in [6.45, 7) is -4.32. The average molecular weight is 539 g/mol. The van der Waals surface area contributed by atoms with Gasteiger partial charge in [-0.1, -0.05) is 12.1 Å². The van der Waals surface area contributed by atoms with Crippen LogP contribution in [-0.4, -0.2) is 100.0 Å². The molecule has 1 unspecified atom stereocenters. The summed E-state index contributed by atoms with van der Waals surface area (Å²) in [6, 6.07) is 4.46. The second-order valence-corrected chi connectivity index (χ2v) is 8.78. The molecule has 0 spiro atoms. The molecule has 38 heavy (non-hydrogen) atoms. The van der Waals surface area contributed by atoms with Crippen LogP contribution in [0.3, 0.4) is 0 Å². The number of carbonyl (C=O) groups is 2. The van der Waals surface area contributed by atoms with E-state index in [1.54, 1.807) is 0 Å². The fourth-order valence-electron chi connectivity index (χ4n) is 4.32. The zero-order valence-electron chi connectivity index (χ0n) is 20.7. The minimum Gasteiger partial charge on any atom is -0.508 e. The molecule has 0 amide bonds. The monoisotopic (exact) mass is 538 g/mol. The lowest BCUT2D eigenvalue weighted by Crippen LogP contribution is -2.48. The molecule has 0 aliphatic carbocycles. The van der Waals surface area contributed by atoms with Crippen LogP contribution >= 0.6 is 0 Å². The lowest BCUT2D eigenvalue weighted by Gasteiger charge is -2.34. The predicted molar refractivity (Wildman–Crippen MR) is 132 cm³/mol. The van der Waals surface area contributed by atoms with Gasteiger partial charge in [0.15, 0.2) is 0 Å². The van der Waals surface area contributed by atoms with Gasteiger partial charge in [-0.15, -0.1) is 0 Å². The van der Waals surface area contributed by atoms with Crippen molar-refractivity contribution in [2.24, 2.45) is 0 Å². The van der Waals surface area contributed by atoms with Crippen molar-refractivity contribution >= 4 is 11.9 Å². The van der Waals surface area contributed by atoms with Gasteiger partial charge in [-0.05, 0) is 34.4 Å². The highest BCUT2D eigenvalue weighted by atomic mass is 16.4. The maximum absolute atomic E-state index is 11.7. The zero-order chi connectivity index (χ0) is 28.4. The van der Waals surface area contributed by atoms with Gasteiger partial charge in [0.25, 0.3) is 0 Å². The van der Waals surface area contributed by atoms with Crippen molar-refractivity contribution in [1.29, 1.82) is 0 Å². The number of carboxylic acids is 2. The number of aromatic hydroxyl groups is 2. The molecule has 0 aliphatic heterocycles. The van der Waals surface area contributed by atoms with Crippen LogP contribution in [0.2, 0.25) is 0 Å². The zero-order valence-corrected chi connectivity index (χ0v) is 20.7. The standard InChI is InChI=1S/C25H34N2O11/c28-10-15-3-17(12-30)19(23(34)4-15)6-26(8-24(35)36)5-18(13-31)27(9-25(37)38)7-20-21(14-32)16(11-29)1-2-22(20)33/h1-4,18,28-34H,5-14H2,(H,35,36)(H,37,38). The number of aliphatic hydroxyl groups is 5. The molecule has 1 atom stereocenters. The number of phenolic OH excluding ortho intramolecular Hbond substituents is 2. The summed E-state index contributed by atoms with van der Waals surface area (Å²) in [5.74, 6) is -3.05. The van der Waals surface area contributed by atoms with Crippen LogP contribution < -0.4 is 0 Å². The van der Waals surface area contributed by atoms with E-state index in [0.29, 0.717) is 11.1 Å². The molecule has 0 radical (unpaired) electrons. The number of rotatable bonds is 16. The maximum Gasteiger partial charge on any atom is 0.317 e. The maximum atomic E-state index is 11.7. The Kier molecular flexibility index (Phi) is 11.9. The summed E-state index contributed by atoms with van der Waals surface area (Å²) in [6.07, 6.45) is 0. The summed E-state index contributed by atoms with van der Waals surface area (Å²) in [5.41, 5.74) is 1.45. The largest absolute Gasteiger partial charge is 0.508 e. The van der Waals surface area contributed by atoms with E-state index >= 15 is 0 Å². The van der Waals surface area contributed by atoms with E-state index in [4.69, 9.17) is 0 Å². The van der Waals surface area contributed by atoms with Crippen molar-refractivity contribution in [3.8, 4) is 11.5 Å². The first-order valence-corrected chi connectivity index (χ1v) is 11.7. The first-order valence-electron chi connectivity index (χ1n) is 11.7. The molecular weight excluding hydrogens is 504 g/mol.